The van der Waals surface area contributed by atoms with Gasteiger partial charge in [-0.1, -0.05) is 6.42 Å². The highest BCUT2D eigenvalue weighted by Gasteiger charge is 2.30. The molecule has 0 radical (unpaired) electrons. The van der Waals surface area contributed by atoms with Crippen LogP contribution in [-0.2, 0) is 4.79 Å². The molecule has 0 spiro atoms. The molecule has 3 rings (SSSR count). The lowest BCUT2D eigenvalue weighted by molar-refractivity contribution is -0.384. The largest absolute Gasteiger partial charge is 0.496 e. The quantitative estimate of drug-likeness (QED) is 0.618. The highest BCUT2D eigenvalue weighted by molar-refractivity contribution is 5.76. The summed E-state index contributed by atoms with van der Waals surface area (Å²) in [4.78, 5) is 27.4. The van der Waals surface area contributed by atoms with Crippen molar-refractivity contribution in [2.75, 3.05) is 31.6 Å². The summed E-state index contributed by atoms with van der Waals surface area (Å²) in [5, 5.41) is 11.4. The van der Waals surface area contributed by atoms with Gasteiger partial charge in [0.05, 0.1) is 18.1 Å². The smallest absolute Gasteiger partial charge is 0.296 e. The third-order valence-electron chi connectivity index (χ3n) is 5.24. The molecule has 136 valence electrons. The van der Waals surface area contributed by atoms with Crippen LogP contribution in [0.5, 0.6) is 5.75 Å². The van der Waals surface area contributed by atoms with Crippen LogP contribution >= 0.6 is 0 Å². The fourth-order valence-electron chi connectivity index (χ4n) is 3.85. The predicted molar refractivity (Wildman–Crippen MR) is 95.1 cm³/mol. The molecular weight excluding hydrogens is 322 g/mol. The van der Waals surface area contributed by atoms with Gasteiger partial charge in [-0.3, -0.25) is 14.9 Å². The Labute approximate surface area is 147 Å². The third-order valence-corrected chi connectivity index (χ3v) is 5.24. The standard InChI is InChI=1S/C18H25N3O4/c1-25-15-6-7-16(17(13-15)21(23)24)19-11-8-14(9-12-19)20-10-4-2-3-5-18(20)22/h6-7,13-14H,2-5,8-12H2,1H3. The number of amides is 1. The Kier molecular flexibility index (Phi) is 5.40. The Bertz CT molecular complexity index is 641. The number of benzene rings is 1. The molecule has 0 aromatic heterocycles. The lowest BCUT2D eigenvalue weighted by Crippen LogP contribution is -2.47. The first-order chi connectivity index (χ1) is 12.1. The molecule has 0 atom stereocenters. The molecule has 2 saturated heterocycles. The summed E-state index contributed by atoms with van der Waals surface area (Å²) in [7, 11) is 1.50. The molecule has 0 saturated carbocycles. The fourth-order valence-corrected chi connectivity index (χ4v) is 3.85. The molecule has 1 amide bonds. The number of likely N-dealkylation sites (tertiary alicyclic amines) is 1. The molecule has 25 heavy (non-hydrogen) atoms. The molecule has 2 aliphatic heterocycles. The van der Waals surface area contributed by atoms with Crippen LogP contribution in [0.1, 0.15) is 38.5 Å². The zero-order valence-corrected chi connectivity index (χ0v) is 14.6. The van der Waals surface area contributed by atoms with Crippen molar-refractivity contribution in [1.29, 1.82) is 0 Å². The summed E-state index contributed by atoms with van der Waals surface area (Å²) in [5.74, 6) is 0.756. The van der Waals surface area contributed by atoms with Crippen molar-refractivity contribution in [3.8, 4) is 5.75 Å². The summed E-state index contributed by atoms with van der Waals surface area (Å²) >= 11 is 0. The van der Waals surface area contributed by atoms with Crippen molar-refractivity contribution < 1.29 is 14.5 Å². The van der Waals surface area contributed by atoms with Crippen LogP contribution in [0.25, 0.3) is 0 Å². The van der Waals surface area contributed by atoms with E-state index in [1.165, 1.54) is 13.2 Å². The minimum absolute atomic E-state index is 0.0728. The maximum Gasteiger partial charge on any atom is 0.296 e. The van der Waals surface area contributed by atoms with E-state index in [2.05, 4.69) is 4.90 Å². The van der Waals surface area contributed by atoms with Gasteiger partial charge in [-0.25, -0.2) is 0 Å². The van der Waals surface area contributed by atoms with Crippen LogP contribution in [0.2, 0.25) is 0 Å². The first kappa shape index (κ1) is 17.5. The second kappa shape index (κ2) is 7.72. The van der Waals surface area contributed by atoms with Crippen molar-refractivity contribution >= 4 is 17.3 Å². The van der Waals surface area contributed by atoms with E-state index in [0.717, 1.165) is 51.7 Å². The summed E-state index contributed by atoms with van der Waals surface area (Å²) in [6, 6.07) is 5.25. The second-order valence-electron chi connectivity index (χ2n) is 6.73. The molecule has 2 fully saturated rings. The summed E-state index contributed by atoms with van der Waals surface area (Å²) in [5.41, 5.74) is 0.704. The van der Waals surface area contributed by atoms with Gasteiger partial charge in [-0.15, -0.1) is 0 Å². The molecule has 0 N–H and O–H groups in total. The minimum atomic E-state index is -0.359. The average Bonchev–Trinajstić information content (AvgIpc) is 2.85. The van der Waals surface area contributed by atoms with Crippen LogP contribution in [0.4, 0.5) is 11.4 Å². The number of nitro benzene ring substituents is 1. The van der Waals surface area contributed by atoms with Crippen LogP contribution in [0.15, 0.2) is 18.2 Å². The van der Waals surface area contributed by atoms with E-state index in [1.54, 1.807) is 12.1 Å². The van der Waals surface area contributed by atoms with Gasteiger partial charge in [-0.05, 0) is 37.8 Å². The number of methoxy groups -OCH3 is 1. The average molecular weight is 347 g/mol. The monoisotopic (exact) mass is 347 g/mol. The SMILES string of the molecule is COc1ccc(N2CCC(N3CCCCCC3=O)CC2)c([N+](=O)[O-])c1. The first-order valence-corrected chi connectivity index (χ1v) is 8.97. The third kappa shape index (κ3) is 3.86. The molecule has 0 unspecified atom stereocenters. The van der Waals surface area contributed by atoms with Gasteiger partial charge in [0, 0.05) is 32.1 Å². The Morgan fingerprint density at radius 1 is 1.16 bits per heavy atom. The number of nitro groups is 1. The van der Waals surface area contributed by atoms with E-state index in [0.29, 0.717) is 17.9 Å². The van der Waals surface area contributed by atoms with Crippen LogP contribution in [0.3, 0.4) is 0 Å². The van der Waals surface area contributed by atoms with E-state index < -0.39 is 0 Å². The number of anilines is 1. The Hall–Kier alpha value is -2.31. The highest BCUT2D eigenvalue weighted by atomic mass is 16.6. The Morgan fingerprint density at radius 2 is 1.92 bits per heavy atom. The van der Waals surface area contributed by atoms with Gasteiger partial charge in [-0.2, -0.15) is 0 Å². The second-order valence-corrected chi connectivity index (χ2v) is 6.73. The molecule has 1 aromatic carbocycles. The number of hydrogen-bond acceptors (Lipinski definition) is 5. The van der Waals surface area contributed by atoms with Crippen molar-refractivity contribution in [3.63, 3.8) is 0 Å². The molecular formula is C18H25N3O4. The molecule has 0 bridgehead atoms. The maximum absolute atomic E-state index is 12.3. The molecule has 7 heteroatoms. The predicted octanol–water partition coefficient (Wildman–Crippen LogP) is 2.97. The van der Waals surface area contributed by atoms with Crippen molar-refractivity contribution in [2.24, 2.45) is 0 Å². The van der Waals surface area contributed by atoms with Crippen molar-refractivity contribution in [1.82, 2.24) is 4.90 Å². The zero-order valence-electron chi connectivity index (χ0n) is 14.6. The van der Waals surface area contributed by atoms with Gasteiger partial charge in [0.25, 0.3) is 5.69 Å². The van der Waals surface area contributed by atoms with Crippen LogP contribution < -0.4 is 9.64 Å². The minimum Gasteiger partial charge on any atom is -0.496 e. The van der Waals surface area contributed by atoms with Gasteiger partial charge in [0.2, 0.25) is 5.91 Å². The molecule has 2 heterocycles. The molecule has 7 nitrogen and oxygen atoms in total. The summed E-state index contributed by atoms with van der Waals surface area (Å²) in [6.45, 7) is 2.30. The number of carbonyl (C=O) groups excluding carboxylic acids is 1. The molecule has 0 aliphatic carbocycles. The van der Waals surface area contributed by atoms with Crippen LogP contribution in [0, 0.1) is 10.1 Å². The topological polar surface area (TPSA) is 75.9 Å². The zero-order chi connectivity index (χ0) is 17.8. The number of carbonyl (C=O) groups is 1. The van der Waals surface area contributed by atoms with Gasteiger partial charge < -0.3 is 14.5 Å². The number of nitrogens with zero attached hydrogens (tertiary/aromatic N) is 3. The van der Waals surface area contributed by atoms with E-state index in [1.807, 2.05) is 4.90 Å². The summed E-state index contributed by atoms with van der Waals surface area (Å²) in [6.07, 6.45) is 5.56. The number of piperidine rings is 1. The maximum atomic E-state index is 12.3. The van der Waals surface area contributed by atoms with E-state index in [-0.39, 0.29) is 22.6 Å². The normalized spacial score (nSPS) is 19.6. The van der Waals surface area contributed by atoms with Gasteiger partial charge in [0.1, 0.15) is 11.4 Å². The number of ether oxygens (including phenoxy) is 1. The summed E-state index contributed by atoms with van der Waals surface area (Å²) < 4.78 is 5.10. The van der Waals surface area contributed by atoms with Crippen molar-refractivity contribution in [2.45, 2.75) is 44.6 Å². The Morgan fingerprint density at radius 3 is 2.60 bits per heavy atom. The van der Waals surface area contributed by atoms with E-state index >= 15 is 0 Å². The number of hydrogen-bond donors (Lipinski definition) is 0. The van der Waals surface area contributed by atoms with E-state index in [4.69, 9.17) is 4.74 Å². The Balaban J connectivity index is 1.70. The van der Waals surface area contributed by atoms with Gasteiger partial charge in [0.15, 0.2) is 0 Å². The van der Waals surface area contributed by atoms with Crippen LogP contribution in [-0.4, -0.2) is 48.5 Å². The lowest BCUT2D eigenvalue weighted by Gasteiger charge is -2.39. The molecule has 2 aliphatic rings. The number of rotatable bonds is 4. The van der Waals surface area contributed by atoms with Gasteiger partial charge >= 0.3 is 0 Å². The van der Waals surface area contributed by atoms with E-state index in [9.17, 15) is 14.9 Å². The van der Waals surface area contributed by atoms with Crippen molar-refractivity contribution in [3.05, 3.63) is 28.3 Å². The lowest BCUT2D eigenvalue weighted by atomic mass is 10.0. The fraction of sp³-hybridized carbons (Fsp3) is 0.611. The highest BCUT2D eigenvalue weighted by Crippen LogP contribution is 2.34. The first-order valence-electron chi connectivity index (χ1n) is 8.97. The molecule has 1 aromatic rings.